The lowest BCUT2D eigenvalue weighted by atomic mass is 10.2. The largest absolute Gasteiger partial charge is 0.395 e. The minimum Gasteiger partial charge on any atom is -0.395 e. The summed E-state index contributed by atoms with van der Waals surface area (Å²) < 4.78 is 0. The van der Waals surface area contributed by atoms with Crippen LogP contribution in [-0.4, -0.2) is 290 Å². The highest BCUT2D eigenvalue weighted by molar-refractivity contribution is 4.75. The average molecular weight is 753 g/mol. The summed E-state index contributed by atoms with van der Waals surface area (Å²) in [7, 11) is 0. The highest BCUT2D eigenvalue weighted by Gasteiger charge is 2.18. The lowest BCUT2D eigenvalue weighted by molar-refractivity contribution is 0.112. The topological polar surface area (TPSA) is 188 Å². The van der Waals surface area contributed by atoms with Crippen molar-refractivity contribution in [3.05, 3.63) is 0 Å². The number of aliphatic hydroxyl groups excluding tert-OH is 8. The van der Waals surface area contributed by atoms with Crippen molar-refractivity contribution in [3.8, 4) is 0 Å². The molecule has 0 unspecified atom stereocenters. The molecule has 1 aliphatic heterocycles. The van der Waals surface area contributed by atoms with Gasteiger partial charge in [0.1, 0.15) is 0 Å². The molecule has 0 aromatic heterocycles. The van der Waals surface area contributed by atoms with Crippen LogP contribution in [0.25, 0.3) is 0 Å². The fraction of sp³-hybridized carbons (Fsp3) is 1.00. The minimum absolute atomic E-state index is 0.0797. The molecular formula is C36H80N8O8. The summed E-state index contributed by atoms with van der Waals surface area (Å²) in [5.74, 6) is 0. The maximum absolute atomic E-state index is 9.49. The number of aliphatic hydroxyl groups is 8. The molecule has 1 fully saturated rings. The first kappa shape index (κ1) is 49.4. The van der Waals surface area contributed by atoms with Crippen LogP contribution in [0.15, 0.2) is 0 Å². The van der Waals surface area contributed by atoms with E-state index in [1.165, 1.54) is 0 Å². The van der Waals surface area contributed by atoms with E-state index in [1.807, 2.05) is 0 Å². The van der Waals surface area contributed by atoms with Crippen molar-refractivity contribution in [2.24, 2.45) is 0 Å². The Labute approximate surface area is 315 Å². The second-order valence-corrected chi connectivity index (χ2v) is 13.9. The van der Waals surface area contributed by atoms with E-state index in [0.29, 0.717) is 52.4 Å². The monoisotopic (exact) mass is 753 g/mol. The van der Waals surface area contributed by atoms with Crippen LogP contribution in [0.1, 0.15) is 25.7 Å². The lowest BCUT2D eigenvalue weighted by Gasteiger charge is -2.35. The zero-order valence-electron chi connectivity index (χ0n) is 32.6. The molecule has 0 aliphatic carbocycles. The fourth-order valence-corrected chi connectivity index (χ4v) is 7.02. The third kappa shape index (κ3) is 25.4. The van der Waals surface area contributed by atoms with Crippen molar-refractivity contribution >= 4 is 0 Å². The zero-order chi connectivity index (χ0) is 38.1. The van der Waals surface area contributed by atoms with Gasteiger partial charge in [-0.25, -0.2) is 0 Å². The van der Waals surface area contributed by atoms with Gasteiger partial charge in [-0.15, -0.1) is 0 Å². The van der Waals surface area contributed by atoms with Crippen LogP contribution in [0.2, 0.25) is 0 Å². The van der Waals surface area contributed by atoms with Crippen LogP contribution in [0.3, 0.4) is 0 Å². The van der Waals surface area contributed by atoms with Gasteiger partial charge in [-0.2, -0.15) is 0 Å². The average Bonchev–Trinajstić information content (AvgIpc) is 3.12. The molecule has 1 heterocycles. The van der Waals surface area contributed by atoms with Gasteiger partial charge in [0.05, 0.1) is 52.9 Å². The van der Waals surface area contributed by atoms with Gasteiger partial charge >= 0.3 is 0 Å². The Balaban J connectivity index is 3.09. The van der Waals surface area contributed by atoms with E-state index >= 15 is 0 Å². The second-order valence-electron chi connectivity index (χ2n) is 13.9. The molecule has 0 amide bonds. The Hall–Kier alpha value is -0.640. The van der Waals surface area contributed by atoms with E-state index in [4.69, 9.17) is 0 Å². The number of hydrogen-bond donors (Lipinski definition) is 8. The highest BCUT2D eigenvalue weighted by Crippen LogP contribution is 2.06. The first-order valence-corrected chi connectivity index (χ1v) is 20.1. The number of rotatable bonds is 32. The predicted octanol–water partition coefficient (Wildman–Crippen LogP) is -4.09. The maximum Gasteiger partial charge on any atom is 0.0558 e. The van der Waals surface area contributed by atoms with Gasteiger partial charge in [-0.05, 0) is 78.0 Å². The Bertz CT molecular complexity index is 611. The summed E-state index contributed by atoms with van der Waals surface area (Å²) in [6, 6.07) is 0. The summed E-state index contributed by atoms with van der Waals surface area (Å²) >= 11 is 0. The van der Waals surface area contributed by atoms with Gasteiger partial charge < -0.3 is 60.5 Å². The molecule has 0 aromatic carbocycles. The smallest absolute Gasteiger partial charge is 0.0558 e. The molecule has 312 valence electrons. The molecule has 0 saturated carbocycles. The van der Waals surface area contributed by atoms with E-state index in [9.17, 15) is 40.9 Å². The summed E-state index contributed by atoms with van der Waals surface area (Å²) in [5.41, 5.74) is 0. The fourth-order valence-electron chi connectivity index (χ4n) is 7.02. The molecule has 8 N–H and O–H groups in total. The molecule has 0 radical (unpaired) electrons. The van der Waals surface area contributed by atoms with Crippen molar-refractivity contribution in [1.29, 1.82) is 0 Å². The van der Waals surface area contributed by atoms with Crippen LogP contribution in [-0.2, 0) is 0 Å². The van der Waals surface area contributed by atoms with Crippen LogP contribution in [0.5, 0.6) is 0 Å². The molecule has 0 bridgehead atoms. The lowest BCUT2D eigenvalue weighted by Crippen LogP contribution is -2.47. The van der Waals surface area contributed by atoms with Crippen LogP contribution in [0.4, 0.5) is 0 Å². The third-order valence-corrected chi connectivity index (χ3v) is 10.1. The van der Waals surface area contributed by atoms with Gasteiger partial charge in [0.15, 0.2) is 0 Å². The number of hydrogen-bond acceptors (Lipinski definition) is 16. The van der Waals surface area contributed by atoms with Crippen LogP contribution in [0, 0.1) is 0 Å². The Morgan fingerprint density at radius 2 is 0.404 bits per heavy atom. The SMILES string of the molecule is OCCN(CCO)CCCN1CCN(CCCN(CCO)CCO)CCN(CCCN(CCO)CCO)CCN(CCCN(CCO)CCO)CC1. The maximum atomic E-state index is 9.49. The molecule has 16 heteroatoms. The normalized spacial score (nSPS) is 16.8. The van der Waals surface area contributed by atoms with Crippen molar-refractivity contribution in [3.63, 3.8) is 0 Å². The summed E-state index contributed by atoms with van der Waals surface area (Å²) in [5, 5.41) is 75.9. The molecule has 1 aliphatic rings. The van der Waals surface area contributed by atoms with Crippen molar-refractivity contribution in [1.82, 2.24) is 39.2 Å². The summed E-state index contributed by atoms with van der Waals surface area (Å²) in [6.07, 6.45) is 3.80. The van der Waals surface area contributed by atoms with Crippen LogP contribution >= 0.6 is 0 Å². The van der Waals surface area contributed by atoms with Crippen molar-refractivity contribution in [2.45, 2.75) is 25.7 Å². The van der Waals surface area contributed by atoms with Gasteiger partial charge in [-0.3, -0.25) is 19.6 Å². The Morgan fingerprint density at radius 3 is 0.538 bits per heavy atom. The minimum atomic E-state index is 0.0797. The quantitative estimate of drug-likeness (QED) is 0.0331. The summed E-state index contributed by atoms with van der Waals surface area (Å²) in [4.78, 5) is 18.7. The van der Waals surface area contributed by atoms with Gasteiger partial charge in [0.25, 0.3) is 0 Å². The molecular weight excluding hydrogens is 672 g/mol. The van der Waals surface area contributed by atoms with Crippen LogP contribution < -0.4 is 0 Å². The molecule has 1 rings (SSSR count). The van der Waals surface area contributed by atoms with Crippen molar-refractivity contribution in [2.75, 3.05) is 210 Å². The second kappa shape index (κ2) is 34.8. The molecule has 1 saturated heterocycles. The third-order valence-electron chi connectivity index (χ3n) is 10.1. The van der Waals surface area contributed by atoms with E-state index in [-0.39, 0.29) is 52.9 Å². The van der Waals surface area contributed by atoms with Gasteiger partial charge in [0, 0.05) is 105 Å². The standard InChI is InChI=1S/C36H80N8O8/c45-29-21-41(22-30-46)9-1-5-37-13-15-38(6-2-10-42(23-31-47)24-32-48)17-19-40(8-4-12-44(27-35-51)28-36-52)20-18-39(16-14-37)7-3-11-43(25-33-49)26-34-50/h45-52H,1-36H2. The van der Waals surface area contributed by atoms with E-state index in [1.54, 1.807) is 0 Å². The summed E-state index contributed by atoms with van der Waals surface area (Å²) in [6.45, 7) is 19.6. The number of nitrogens with zero attached hydrogens (tertiary/aromatic N) is 8. The molecule has 52 heavy (non-hydrogen) atoms. The van der Waals surface area contributed by atoms with E-state index in [0.717, 1.165) is 130 Å². The molecule has 0 atom stereocenters. The Kier molecular flexibility index (Phi) is 33.1. The van der Waals surface area contributed by atoms with Gasteiger partial charge in [0.2, 0.25) is 0 Å². The van der Waals surface area contributed by atoms with E-state index in [2.05, 4.69) is 39.2 Å². The molecule has 16 nitrogen and oxygen atoms in total. The Morgan fingerprint density at radius 1 is 0.250 bits per heavy atom. The predicted molar refractivity (Wildman–Crippen MR) is 207 cm³/mol. The zero-order valence-corrected chi connectivity index (χ0v) is 32.6. The highest BCUT2D eigenvalue weighted by atomic mass is 16.3. The molecule has 0 spiro atoms. The first-order chi connectivity index (χ1) is 25.5. The van der Waals surface area contributed by atoms with E-state index < -0.39 is 0 Å². The molecule has 0 aromatic rings. The van der Waals surface area contributed by atoms with Gasteiger partial charge in [-0.1, -0.05) is 0 Å². The van der Waals surface area contributed by atoms with Crippen molar-refractivity contribution < 1.29 is 40.9 Å². The first-order valence-electron chi connectivity index (χ1n) is 20.1.